The number of aliphatic imine (C=N–C) groups is 1. The first-order chi connectivity index (χ1) is 9.88. The van der Waals surface area contributed by atoms with Gasteiger partial charge in [0, 0.05) is 24.0 Å². The molecule has 1 aliphatic carbocycles. The number of unbranched alkanes of at least 4 members (excludes halogenated alkanes) is 1. The van der Waals surface area contributed by atoms with E-state index in [1.165, 1.54) is 43.4 Å². The molecule has 1 heterocycles. The molecule has 0 aliphatic heterocycles. The molecule has 1 aromatic heterocycles. The van der Waals surface area contributed by atoms with Crippen molar-refractivity contribution in [1.29, 1.82) is 0 Å². The molecular formula is C16H28IN3S. The fourth-order valence-corrected chi connectivity index (χ4v) is 3.23. The van der Waals surface area contributed by atoms with E-state index in [1.54, 1.807) is 0 Å². The van der Waals surface area contributed by atoms with Crippen molar-refractivity contribution < 1.29 is 0 Å². The number of rotatable bonds is 7. The highest BCUT2D eigenvalue weighted by Gasteiger charge is 2.15. The summed E-state index contributed by atoms with van der Waals surface area (Å²) in [5.41, 5.74) is 0. The summed E-state index contributed by atoms with van der Waals surface area (Å²) in [7, 11) is 0. The topological polar surface area (TPSA) is 36.4 Å². The normalized spacial score (nSPS) is 15.8. The SMILES string of the molecule is CCCCN=C(NCCc1cccs1)NC1CCCC1.I. The fourth-order valence-electron chi connectivity index (χ4n) is 2.52. The predicted octanol–water partition coefficient (Wildman–Crippen LogP) is 4.19. The van der Waals surface area contributed by atoms with Crippen LogP contribution in [0.2, 0.25) is 0 Å². The molecule has 0 unspecified atom stereocenters. The zero-order chi connectivity index (χ0) is 14.0. The molecule has 5 heteroatoms. The van der Waals surface area contributed by atoms with Crippen LogP contribution < -0.4 is 10.6 Å². The first-order valence-electron chi connectivity index (χ1n) is 7.95. The van der Waals surface area contributed by atoms with Crippen molar-refractivity contribution in [2.75, 3.05) is 13.1 Å². The molecule has 2 N–H and O–H groups in total. The molecule has 120 valence electrons. The Labute approximate surface area is 150 Å². The lowest BCUT2D eigenvalue weighted by Crippen LogP contribution is -2.43. The molecule has 0 bridgehead atoms. The van der Waals surface area contributed by atoms with Gasteiger partial charge in [-0.3, -0.25) is 4.99 Å². The molecule has 0 amide bonds. The van der Waals surface area contributed by atoms with Crippen LogP contribution in [0, 0.1) is 0 Å². The minimum atomic E-state index is 0. The van der Waals surface area contributed by atoms with Gasteiger partial charge in [0.15, 0.2) is 5.96 Å². The van der Waals surface area contributed by atoms with Gasteiger partial charge in [-0.05, 0) is 37.1 Å². The van der Waals surface area contributed by atoms with Crippen LogP contribution in [0.5, 0.6) is 0 Å². The first kappa shape index (κ1) is 18.7. The van der Waals surface area contributed by atoms with Crippen molar-refractivity contribution in [1.82, 2.24) is 10.6 Å². The lowest BCUT2D eigenvalue weighted by molar-refractivity contribution is 0.610. The molecule has 1 saturated carbocycles. The van der Waals surface area contributed by atoms with E-state index >= 15 is 0 Å². The van der Waals surface area contributed by atoms with E-state index in [1.807, 2.05) is 11.3 Å². The average molecular weight is 421 g/mol. The smallest absolute Gasteiger partial charge is 0.191 e. The standard InChI is InChI=1S/C16H27N3S.HI/c1-2-3-11-17-16(19-14-7-4-5-8-14)18-12-10-15-9-6-13-20-15;/h6,9,13-14H,2-5,7-8,10-12H2,1H3,(H2,17,18,19);1H. The summed E-state index contributed by atoms with van der Waals surface area (Å²) in [5.74, 6) is 1.02. The van der Waals surface area contributed by atoms with Crippen molar-refractivity contribution >= 4 is 41.3 Å². The van der Waals surface area contributed by atoms with Gasteiger partial charge in [0.2, 0.25) is 0 Å². The lowest BCUT2D eigenvalue weighted by atomic mass is 10.2. The summed E-state index contributed by atoms with van der Waals surface area (Å²) >= 11 is 1.83. The van der Waals surface area contributed by atoms with Gasteiger partial charge in [0.05, 0.1) is 0 Å². The molecule has 0 aromatic carbocycles. The van der Waals surface area contributed by atoms with Gasteiger partial charge in [0.1, 0.15) is 0 Å². The van der Waals surface area contributed by atoms with Gasteiger partial charge in [-0.15, -0.1) is 35.3 Å². The van der Waals surface area contributed by atoms with E-state index in [2.05, 4.69) is 35.1 Å². The first-order valence-corrected chi connectivity index (χ1v) is 8.83. The third kappa shape index (κ3) is 7.49. The van der Waals surface area contributed by atoms with Crippen LogP contribution in [-0.2, 0) is 6.42 Å². The highest BCUT2D eigenvalue weighted by molar-refractivity contribution is 14.0. The largest absolute Gasteiger partial charge is 0.356 e. The van der Waals surface area contributed by atoms with E-state index in [0.717, 1.165) is 25.5 Å². The molecule has 0 radical (unpaired) electrons. The molecule has 1 fully saturated rings. The summed E-state index contributed by atoms with van der Waals surface area (Å²) in [5, 5.41) is 9.23. The Morgan fingerprint density at radius 2 is 2.19 bits per heavy atom. The predicted molar refractivity (Wildman–Crippen MR) is 104 cm³/mol. The number of guanidine groups is 1. The van der Waals surface area contributed by atoms with Crippen LogP contribution in [0.3, 0.4) is 0 Å². The van der Waals surface area contributed by atoms with E-state index in [-0.39, 0.29) is 24.0 Å². The van der Waals surface area contributed by atoms with Crippen molar-refractivity contribution in [2.24, 2.45) is 4.99 Å². The Kier molecular flexibility index (Phi) is 10.1. The van der Waals surface area contributed by atoms with Crippen LogP contribution in [0.1, 0.15) is 50.3 Å². The van der Waals surface area contributed by atoms with Gasteiger partial charge < -0.3 is 10.6 Å². The summed E-state index contributed by atoms with van der Waals surface area (Å²) in [4.78, 5) is 6.13. The van der Waals surface area contributed by atoms with Crippen molar-refractivity contribution in [3.05, 3.63) is 22.4 Å². The third-order valence-electron chi connectivity index (χ3n) is 3.72. The van der Waals surface area contributed by atoms with Crippen LogP contribution in [0.15, 0.2) is 22.5 Å². The van der Waals surface area contributed by atoms with Crippen molar-refractivity contribution in [2.45, 2.75) is 57.9 Å². The Balaban J connectivity index is 0.00000220. The molecule has 3 nitrogen and oxygen atoms in total. The van der Waals surface area contributed by atoms with Crippen LogP contribution in [-0.4, -0.2) is 25.1 Å². The number of thiophene rings is 1. The van der Waals surface area contributed by atoms with E-state index < -0.39 is 0 Å². The minimum Gasteiger partial charge on any atom is -0.356 e. The molecule has 0 atom stereocenters. The highest BCUT2D eigenvalue weighted by atomic mass is 127. The number of halogens is 1. The Hall–Kier alpha value is -0.300. The van der Waals surface area contributed by atoms with E-state index in [0.29, 0.717) is 6.04 Å². The zero-order valence-corrected chi connectivity index (χ0v) is 16.1. The Morgan fingerprint density at radius 3 is 2.86 bits per heavy atom. The van der Waals surface area contributed by atoms with E-state index in [4.69, 9.17) is 4.99 Å². The van der Waals surface area contributed by atoms with E-state index in [9.17, 15) is 0 Å². The minimum absolute atomic E-state index is 0. The number of hydrogen-bond acceptors (Lipinski definition) is 2. The molecule has 0 saturated heterocycles. The summed E-state index contributed by atoms with van der Waals surface area (Å²) < 4.78 is 0. The number of nitrogens with zero attached hydrogens (tertiary/aromatic N) is 1. The Morgan fingerprint density at radius 1 is 1.38 bits per heavy atom. The number of nitrogens with one attached hydrogen (secondary N) is 2. The molecular weight excluding hydrogens is 393 g/mol. The molecule has 0 spiro atoms. The van der Waals surface area contributed by atoms with Gasteiger partial charge in [0.25, 0.3) is 0 Å². The second-order valence-corrected chi connectivity index (χ2v) is 6.50. The van der Waals surface area contributed by atoms with Crippen LogP contribution in [0.4, 0.5) is 0 Å². The monoisotopic (exact) mass is 421 g/mol. The van der Waals surface area contributed by atoms with Gasteiger partial charge in [-0.25, -0.2) is 0 Å². The quantitative estimate of drug-likeness (QED) is 0.300. The zero-order valence-electron chi connectivity index (χ0n) is 12.9. The third-order valence-corrected chi connectivity index (χ3v) is 4.66. The van der Waals surface area contributed by atoms with Crippen LogP contribution in [0.25, 0.3) is 0 Å². The van der Waals surface area contributed by atoms with Gasteiger partial charge in [-0.2, -0.15) is 0 Å². The second-order valence-electron chi connectivity index (χ2n) is 5.47. The van der Waals surface area contributed by atoms with Crippen molar-refractivity contribution in [3.63, 3.8) is 0 Å². The van der Waals surface area contributed by atoms with Crippen LogP contribution >= 0.6 is 35.3 Å². The van der Waals surface area contributed by atoms with Gasteiger partial charge >= 0.3 is 0 Å². The summed E-state index contributed by atoms with van der Waals surface area (Å²) in [6.45, 7) is 4.10. The molecule has 2 rings (SSSR count). The van der Waals surface area contributed by atoms with Crippen molar-refractivity contribution in [3.8, 4) is 0 Å². The lowest BCUT2D eigenvalue weighted by Gasteiger charge is -2.17. The Bertz CT molecular complexity index is 386. The number of hydrogen-bond donors (Lipinski definition) is 2. The second kappa shape index (κ2) is 11.3. The molecule has 1 aromatic rings. The maximum atomic E-state index is 4.69. The molecule has 21 heavy (non-hydrogen) atoms. The fraction of sp³-hybridized carbons (Fsp3) is 0.688. The van der Waals surface area contributed by atoms with Gasteiger partial charge in [-0.1, -0.05) is 32.3 Å². The molecule has 1 aliphatic rings. The summed E-state index contributed by atoms with van der Waals surface area (Å²) in [6.07, 6.45) is 8.75. The maximum Gasteiger partial charge on any atom is 0.191 e. The highest BCUT2D eigenvalue weighted by Crippen LogP contribution is 2.17. The average Bonchev–Trinajstić information content (AvgIpc) is 3.12. The summed E-state index contributed by atoms with van der Waals surface area (Å²) in [6, 6.07) is 4.95. The maximum absolute atomic E-state index is 4.69.